The van der Waals surface area contributed by atoms with Crippen molar-refractivity contribution in [2.24, 2.45) is 5.73 Å². The third-order valence-electron chi connectivity index (χ3n) is 2.68. The highest BCUT2D eigenvalue weighted by Crippen LogP contribution is 2.07. The minimum absolute atomic E-state index is 0.0311. The van der Waals surface area contributed by atoms with E-state index in [2.05, 4.69) is 25.3 Å². The van der Waals surface area contributed by atoms with Gasteiger partial charge in [0, 0.05) is 0 Å². The van der Waals surface area contributed by atoms with Gasteiger partial charge in [0.1, 0.15) is 11.5 Å². The molecule has 0 saturated carbocycles. The summed E-state index contributed by atoms with van der Waals surface area (Å²) in [7, 11) is 0. The maximum Gasteiger partial charge on any atom is 0.280 e. The second-order valence-electron chi connectivity index (χ2n) is 4.14. The van der Waals surface area contributed by atoms with Crippen LogP contribution >= 0.6 is 0 Å². The monoisotopic (exact) mass is 286 g/mol. The van der Waals surface area contributed by atoms with Crippen molar-refractivity contribution in [3.63, 3.8) is 0 Å². The van der Waals surface area contributed by atoms with Crippen LogP contribution in [0.2, 0.25) is 0 Å². The summed E-state index contributed by atoms with van der Waals surface area (Å²) in [6, 6.07) is 3.52. The molecule has 0 radical (unpaired) electrons. The molecule has 3 aromatic rings. The van der Waals surface area contributed by atoms with Crippen LogP contribution in [0.5, 0.6) is 0 Å². The molecule has 0 spiro atoms. The fraction of sp³-hybridized carbons (Fsp3) is 0.0833. The normalized spacial score (nSPS) is 10.7. The second-order valence-corrected chi connectivity index (χ2v) is 4.14. The van der Waals surface area contributed by atoms with E-state index in [1.807, 2.05) is 0 Å². The average molecular weight is 286 g/mol. The number of aromatic nitrogens is 4. The number of furan rings is 1. The summed E-state index contributed by atoms with van der Waals surface area (Å²) in [6.45, 7) is 0.338. The third kappa shape index (κ3) is 2.56. The van der Waals surface area contributed by atoms with Crippen molar-refractivity contribution < 1.29 is 9.21 Å². The molecule has 3 aromatic heterocycles. The minimum atomic E-state index is -0.739. The summed E-state index contributed by atoms with van der Waals surface area (Å²) in [4.78, 5) is 37.3. The lowest BCUT2D eigenvalue weighted by molar-refractivity contribution is 0.0995. The van der Waals surface area contributed by atoms with E-state index >= 15 is 0 Å². The number of H-pyrrole nitrogens is 1. The number of nitrogens with zero attached hydrogens (tertiary/aromatic N) is 3. The lowest BCUT2D eigenvalue weighted by Gasteiger charge is -2.04. The summed E-state index contributed by atoms with van der Waals surface area (Å²) in [5.41, 5.74) is 4.67. The van der Waals surface area contributed by atoms with E-state index in [1.165, 1.54) is 6.26 Å². The van der Waals surface area contributed by atoms with Crippen LogP contribution in [0.15, 0.2) is 33.8 Å². The molecule has 0 fully saturated rings. The van der Waals surface area contributed by atoms with Crippen molar-refractivity contribution in [1.82, 2.24) is 19.9 Å². The molecule has 3 rings (SSSR count). The Balaban J connectivity index is 1.96. The van der Waals surface area contributed by atoms with Gasteiger partial charge in [-0.1, -0.05) is 0 Å². The maximum atomic E-state index is 11.9. The molecule has 4 N–H and O–H groups in total. The number of hydrogen-bond donors (Lipinski definition) is 3. The Morgan fingerprint density at radius 1 is 1.43 bits per heavy atom. The lowest BCUT2D eigenvalue weighted by Crippen LogP contribution is -2.18. The first-order chi connectivity index (χ1) is 10.1. The van der Waals surface area contributed by atoms with Crippen molar-refractivity contribution in [3.8, 4) is 0 Å². The van der Waals surface area contributed by atoms with Crippen molar-refractivity contribution in [2.45, 2.75) is 6.54 Å². The van der Waals surface area contributed by atoms with Crippen LogP contribution in [-0.2, 0) is 6.54 Å². The number of nitrogens with one attached hydrogen (secondary N) is 2. The molecule has 0 aliphatic carbocycles. The molecule has 9 heteroatoms. The van der Waals surface area contributed by atoms with Crippen LogP contribution in [0, 0.1) is 0 Å². The maximum absolute atomic E-state index is 11.9. The lowest BCUT2D eigenvalue weighted by atomic mass is 10.4. The van der Waals surface area contributed by atoms with Crippen LogP contribution in [-0.4, -0.2) is 25.8 Å². The van der Waals surface area contributed by atoms with Gasteiger partial charge in [0.25, 0.3) is 11.5 Å². The Kier molecular flexibility index (Phi) is 3.07. The highest BCUT2D eigenvalue weighted by Gasteiger charge is 2.10. The van der Waals surface area contributed by atoms with E-state index in [0.29, 0.717) is 12.3 Å². The minimum Gasteiger partial charge on any atom is -0.467 e. The van der Waals surface area contributed by atoms with E-state index in [9.17, 15) is 9.59 Å². The molecule has 21 heavy (non-hydrogen) atoms. The summed E-state index contributed by atoms with van der Waals surface area (Å²) >= 11 is 0. The molecule has 1 amide bonds. The van der Waals surface area contributed by atoms with Gasteiger partial charge in [-0.05, 0) is 12.1 Å². The van der Waals surface area contributed by atoms with Crippen molar-refractivity contribution >= 4 is 23.0 Å². The fourth-order valence-corrected chi connectivity index (χ4v) is 1.70. The number of amides is 1. The van der Waals surface area contributed by atoms with Gasteiger partial charge in [0.05, 0.1) is 19.0 Å². The van der Waals surface area contributed by atoms with E-state index in [0.717, 1.165) is 6.20 Å². The summed E-state index contributed by atoms with van der Waals surface area (Å²) in [6.07, 6.45) is 2.68. The smallest absolute Gasteiger partial charge is 0.280 e. The van der Waals surface area contributed by atoms with Gasteiger partial charge >= 0.3 is 0 Å². The van der Waals surface area contributed by atoms with E-state index in [1.54, 1.807) is 12.1 Å². The Hall–Kier alpha value is -3.23. The highest BCUT2D eigenvalue weighted by atomic mass is 16.3. The first-order valence-electron chi connectivity index (χ1n) is 5.96. The number of nitrogens with two attached hydrogens (primary N) is 1. The number of fused-ring (bicyclic) bond motifs is 1. The third-order valence-corrected chi connectivity index (χ3v) is 2.68. The molecule has 0 unspecified atom stereocenters. The molecular formula is C12H10N6O3. The zero-order valence-corrected chi connectivity index (χ0v) is 10.7. The van der Waals surface area contributed by atoms with E-state index < -0.39 is 11.5 Å². The Labute approximate surface area is 117 Å². The van der Waals surface area contributed by atoms with Gasteiger partial charge < -0.3 is 15.5 Å². The largest absolute Gasteiger partial charge is 0.467 e. The van der Waals surface area contributed by atoms with Crippen molar-refractivity contribution in [1.29, 1.82) is 0 Å². The molecule has 0 aliphatic heterocycles. The number of rotatable bonds is 4. The molecule has 0 aromatic carbocycles. The quantitative estimate of drug-likeness (QED) is 0.614. The van der Waals surface area contributed by atoms with Gasteiger partial charge in [-0.2, -0.15) is 4.98 Å². The predicted octanol–water partition coefficient (Wildman–Crippen LogP) is 0.0171. The molecule has 106 valence electrons. The number of aromatic amines is 1. The Morgan fingerprint density at radius 2 is 2.29 bits per heavy atom. The number of carbonyl (C=O) groups is 1. The summed E-state index contributed by atoms with van der Waals surface area (Å²) < 4.78 is 5.15. The number of primary amides is 1. The molecule has 9 nitrogen and oxygen atoms in total. The number of hydrogen-bond acceptors (Lipinski definition) is 7. The van der Waals surface area contributed by atoms with Crippen LogP contribution in [0.3, 0.4) is 0 Å². The van der Waals surface area contributed by atoms with E-state index in [4.69, 9.17) is 10.2 Å². The zero-order chi connectivity index (χ0) is 14.8. The Bertz CT molecular complexity index is 855. The number of anilines is 1. The molecule has 0 atom stereocenters. The van der Waals surface area contributed by atoms with Gasteiger partial charge in [0.15, 0.2) is 11.2 Å². The van der Waals surface area contributed by atoms with Gasteiger partial charge in [-0.25, -0.2) is 9.97 Å². The highest BCUT2D eigenvalue weighted by molar-refractivity contribution is 5.91. The van der Waals surface area contributed by atoms with Gasteiger partial charge in [-0.3, -0.25) is 14.6 Å². The first kappa shape index (κ1) is 12.8. The molecule has 3 heterocycles. The topological polar surface area (TPSA) is 140 Å². The molecule has 0 aliphatic rings. The summed E-state index contributed by atoms with van der Waals surface area (Å²) in [5.74, 6) is 0.131. The molecule has 0 bridgehead atoms. The second kappa shape index (κ2) is 5.04. The Morgan fingerprint density at radius 3 is 3.00 bits per heavy atom. The van der Waals surface area contributed by atoms with Crippen molar-refractivity contribution in [2.75, 3.05) is 5.32 Å². The van der Waals surface area contributed by atoms with Gasteiger partial charge in [-0.15, -0.1) is 0 Å². The SMILES string of the molecule is NC(=O)c1cnc2c(=O)[nH]c(NCc3ccco3)nc2n1. The number of carbonyl (C=O) groups excluding carboxylic acids is 1. The van der Waals surface area contributed by atoms with Crippen LogP contribution in [0.25, 0.3) is 11.2 Å². The van der Waals surface area contributed by atoms with Crippen LogP contribution in [0.4, 0.5) is 5.95 Å². The predicted molar refractivity (Wildman–Crippen MR) is 72.5 cm³/mol. The molecule has 0 saturated heterocycles. The van der Waals surface area contributed by atoms with Crippen molar-refractivity contribution in [3.05, 3.63) is 46.4 Å². The van der Waals surface area contributed by atoms with Crippen LogP contribution in [0.1, 0.15) is 16.2 Å². The fourth-order valence-electron chi connectivity index (χ4n) is 1.70. The standard InChI is InChI=1S/C12H10N6O3/c13-9(19)7-5-14-8-10(16-7)17-12(18-11(8)20)15-4-6-2-1-3-21-6/h1-3,5H,4H2,(H2,13,19)(H2,15,16,17,18,20). The first-order valence-corrected chi connectivity index (χ1v) is 5.96. The zero-order valence-electron chi connectivity index (χ0n) is 10.7. The average Bonchev–Trinajstić information content (AvgIpc) is 2.98. The molecular weight excluding hydrogens is 276 g/mol. The van der Waals surface area contributed by atoms with E-state index in [-0.39, 0.29) is 22.8 Å². The summed E-state index contributed by atoms with van der Waals surface area (Å²) in [5, 5.41) is 2.88. The van der Waals surface area contributed by atoms with Crippen LogP contribution < -0.4 is 16.6 Å². The van der Waals surface area contributed by atoms with Gasteiger partial charge in [0.2, 0.25) is 5.95 Å².